The number of aryl methyl sites for hydroxylation is 1. The molecule has 0 aromatic carbocycles. The minimum absolute atomic E-state index is 0.1000. The van der Waals surface area contributed by atoms with Gasteiger partial charge in [0.05, 0.1) is 6.10 Å². The van der Waals surface area contributed by atoms with Gasteiger partial charge in [-0.3, -0.25) is 14.3 Å². The van der Waals surface area contributed by atoms with Crippen LogP contribution in [0.5, 0.6) is 0 Å². The van der Waals surface area contributed by atoms with Crippen molar-refractivity contribution in [3.63, 3.8) is 0 Å². The molecule has 0 radical (unpaired) electrons. The molecule has 1 saturated carbocycles. The minimum atomic E-state index is -1.34. The molecule has 7 nitrogen and oxygen atoms in total. The van der Waals surface area contributed by atoms with E-state index in [0.717, 1.165) is 17.4 Å². The number of H-pyrrole nitrogens is 1. The zero-order valence-corrected chi connectivity index (χ0v) is 12.1. The maximum Gasteiger partial charge on any atom is 0.330 e. The van der Waals surface area contributed by atoms with Crippen LogP contribution in [-0.2, 0) is 4.74 Å². The first-order chi connectivity index (χ1) is 9.84. The van der Waals surface area contributed by atoms with E-state index in [1.807, 2.05) is 6.92 Å². The zero-order chi connectivity index (χ0) is 15.4. The smallest absolute Gasteiger partial charge is 0.330 e. The molecule has 0 unspecified atom stereocenters. The fourth-order valence-corrected chi connectivity index (χ4v) is 3.53. The predicted octanol–water partition coefficient (Wildman–Crippen LogP) is -0.346. The Morgan fingerprint density at radius 3 is 2.86 bits per heavy atom. The molecule has 2 fully saturated rings. The molecule has 3 rings (SSSR count). The van der Waals surface area contributed by atoms with Gasteiger partial charge in [0.2, 0.25) is 0 Å². The highest BCUT2D eigenvalue weighted by molar-refractivity contribution is 5.08. The Balaban J connectivity index is 2.03. The summed E-state index contributed by atoms with van der Waals surface area (Å²) in [6, 6.07) is 0. The maximum atomic E-state index is 12.0. The monoisotopic (exact) mass is 296 g/mol. The molecule has 1 aromatic heterocycles. The van der Waals surface area contributed by atoms with Gasteiger partial charge in [0.15, 0.2) is 6.23 Å². The summed E-state index contributed by atoms with van der Waals surface area (Å²) in [5, 5.41) is 21.2. The maximum absolute atomic E-state index is 12.0. The number of nitrogens with zero attached hydrogens (tertiary/aromatic N) is 1. The van der Waals surface area contributed by atoms with Gasteiger partial charge in [0, 0.05) is 11.8 Å². The lowest BCUT2D eigenvalue weighted by molar-refractivity contribution is -0.118. The van der Waals surface area contributed by atoms with E-state index in [0.29, 0.717) is 12.0 Å². The predicted molar refractivity (Wildman–Crippen MR) is 73.9 cm³/mol. The fraction of sp³-hybridized carbons (Fsp3) is 0.714. The standard InChI is InChI=1S/C14H20N2O5/c1-7-4-3-5-14(20)9(17)12(21-10(7)14)16-6-8(2)11(18)15-13(16)19/h6-7,9-10,12,17,20H,3-5H2,1-2H3,(H,15,18,19)/t7-,9-,10-,12+,14+/m0/s1. The van der Waals surface area contributed by atoms with Crippen LogP contribution in [0.15, 0.2) is 15.8 Å². The van der Waals surface area contributed by atoms with Crippen LogP contribution in [0.4, 0.5) is 0 Å². The third kappa shape index (κ3) is 2.07. The normalized spacial score (nSPS) is 39.2. The van der Waals surface area contributed by atoms with E-state index in [1.165, 1.54) is 6.20 Å². The van der Waals surface area contributed by atoms with Crippen LogP contribution in [0.1, 0.15) is 38.0 Å². The van der Waals surface area contributed by atoms with E-state index in [4.69, 9.17) is 4.74 Å². The lowest BCUT2D eigenvalue weighted by Crippen LogP contribution is -2.52. The quantitative estimate of drug-likeness (QED) is 0.657. The number of aliphatic hydroxyl groups excluding tert-OH is 1. The van der Waals surface area contributed by atoms with Crippen molar-refractivity contribution >= 4 is 0 Å². The number of nitrogens with one attached hydrogen (secondary N) is 1. The molecule has 3 N–H and O–H groups in total. The Hall–Kier alpha value is -1.44. The average Bonchev–Trinajstić information content (AvgIpc) is 2.68. The van der Waals surface area contributed by atoms with E-state index in [2.05, 4.69) is 4.98 Å². The number of hydrogen-bond acceptors (Lipinski definition) is 5. The molecule has 5 atom stereocenters. The number of fused-ring (bicyclic) bond motifs is 1. The van der Waals surface area contributed by atoms with E-state index >= 15 is 0 Å². The van der Waals surface area contributed by atoms with E-state index in [-0.39, 0.29) is 5.92 Å². The van der Waals surface area contributed by atoms with E-state index in [1.54, 1.807) is 6.92 Å². The molecule has 0 spiro atoms. The SMILES string of the molecule is Cc1cn([C@@H]2O[C@H]3[C@@H](C)CCC[C@@]3(O)[C@H]2O)c(=O)[nH]c1=O. The molecular weight excluding hydrogens is 276 g/mol. The lowest BCUT2D eigenvalue weighted by Gasteiger charge is -2.38. The fourth-order valence-electron chi connectivity index (χ4n) is 3.53. The summed E-state index contributed by atoms with van der Waals surface area (Å²) >= 11 is 0. The summed E-state index contributed by atoms with van der Waals surface area (Å²) in [5.74, 6) is 0.1000. The number of aromatic nitrogens is 2. The second kappa shape index (κ2) is 4.79. The van der Waals surface area contributed by atoms with Crippen LogP contribution in [0.3, 0.4) is 0 Å². The summed E-state index contributed by atoms with van der Waals surface area (Å²) in [4.78, 5) is 25.6. The molecule has 0 amide bonds. The van der Waals surface area contributed by atoms with Crippen LogP contribution in [0, 0.1) is 12.8 Å². The van der Waals surface area contributed by atoms with Crippen LogP contribution in [0.2, 0.25) is 0 Å². The van der Waals surface area contributed by atoms with Crippen molar-refractivity contribution < 1.29 is 14.9 Å². The Morgan fingerprint density at radius 2 is 2.19 bits per heavy atom. The molecule has 2 heterocycles. The molecule has 116 valence electrons. The Kier molecular flexibility index (Phi) is 3.31. The largest absolute Gasteiger partial charge is 0.385 e. The second-order valence-corrected chi connectivity index (χ2v) is 6.23. The lowest BCUT2D eigenvalue weighted by atomic mass is 9.75. The van der Waals surface area contributed by atoms with E-state index in [9.17, 15) is 19.8 Å². The minimum Gasteiger partial charge on any atom is -0.385 e. The molecule has 2 aliphatic rings. The summed E-state index contributed by atoms with van der Waals surface area (Å²) < 4.78 is 6.95. The van der Waals surface area contributed by atoms with Crippen molar-refractivity contribution in [3.05, 3.63) is 32.6 Å². The molecule has 1 aliphatic heterocycles. The molecular formula is C14H20N2O5. The number of hydrogen-bond donors (Lipinski definition) is 3. The van der Waals surface area contributed by atoms with Crippen molar-refractivity contribution in [2.45, 2.75) is 57.1 Å². The van der Waals surface area contributed by atoms with Gasteiger partial charge in [-0.15, -0.1) is 0 Å². The van der Waals surface area contributed by atoms with Crippen molar-refractivity contribution in [1.82, 2.24) is 9.55 Å². The molecule has 21 heavy (non-hydrogen) atoms. The molecule has 0 bridgehead atoms. The summed E-state index contributed by atoms with van der Waals surface area (Å²) in [5.41, 5.74) is -2.11. The first-order valence-electron chi connectivity index (χ1n) is 7.22. The molecule has 1 saturated heterocycles. The first kappa shape index (κ1) is 14.5. The van der Waals surface area contributed by atoms with Crippen LogP contribution < -0.4 is 11.2 Å². The van der Waals surface area contributed by atoms with E-state index < -0.39 is 35.3 Å². The number of rotatable bonds is 1. The Morgan fingerprint density at radius 1 is 1.48 bits per heavy atom. The van der Waals surface area contributed by atoms with Crippen LogP contribution in [-0.4, -0.2) is 37.6 Å². The summed E-state index contributed by atoms with van der Waals surface area (Å²) in [6.45, 7) is 3.53. The second-order valence-electron chi connectivity index (χ2n) is 6.23. The van der Waals surface area contributed by atoms with Gasteiger partial charge < -0.3 is 14.9 Å². The van der Waals surface area contributed by atoms with Crippen LogP contribution >= 0.6 is 0 Å². The Labute approximate surface area is 121 Å². The van der Waals surface area contributed by atoms with Crippen molar-refractivity contribution in [1.29, 1.82) is 0 Å². The van der Waals surface area contributed by atoms with Gasteiger partial charge >= 0.3 is 5.69 Å². The van der Waals surface area contributed by atoms with Crippen molar-refractivity contribution in [2.75, 3.05) is 0 Å². The van der Waals surface area contributed by atoms with Gasteiger partial charge in [0.25, 0.3) is 5.56 Å². The molecule has 1 aromatic rings. The highest BCUT2D eigenvalue weighted by atomic mass is 16.6. The highest BCUT2D eigenvalue weighted by Crippen LogP contribution is 2.46. The average molecular weight is 296 g/mol. The van der Waals surface area contributed by atoms with Gasteiger partial charge in [-0.2, -0.15) is 0 Å². The Bertz CT molecular complexity index is 666. The third-order valence-corrected chi connectivity index (χ3v) is 4.73. The highest BCUT2D eigenvalue weighted by Gasteiger charge is 2.58. The van der Waals surface area contributed by atoms with Crippen molar-refractivity contribution in [2.24, 2.45) is 5.92 Å². The van der Waals surface area contributed by atoms with Gasteiger partial charge in [-0.25, -0.2) is 4.79 Å². The zero-order valence-electron chi connectivity index (χ0n) is 12.1. The van der Waals surface area contributed by atoms with Gasteiger partial charge in [0.1, 0.15) is 11.7 Å². The molecule has 7 heteroatoms. The number of aromatic amines is 1. The first-order valence-corrected chi connectivity index (χ1v) is 7.22. The van der Waals surface area contributed by atoms with Gasteiger partial charge in [-0.1, -0.05) is 13.3 Å². The van der Waals surface area contributed by atoms with Crippen LogP contribution in [0.25, 0.3) is 0 Å². The summed E-state index contributed by atoms with van der Waals surface area (Å²) in [7, 11) is 0. The molecule has 1 aliphatic carbocycles. The summed E-state index contributed by atoms with van der Waals surface area (Å²) in [6.07, 6.45) is 0.825. The third-order valence-electron chi connectivity index (χ3n) is 4.73. The number of aliphatic hydroxyl groups is 2. The van der Waals surface area contributed by atoms with Gasteiger partial charge in [-0.05, 0) is 25.7 Å². The number of ether oxygens (including phenoxy) is 1. The topological polar surface area (TPSA) is 105 Å². The van der Waals surface area contributed by atoms with Crippen molar-refractivity contribution in [3.8, 4) is 0 Å².